The number of benzene rings is 2. The number of hydrazone groups is 1. The molecule has 0 saturated carbocycles. The number of methoxy groups -OCH3 is 2. The Bertz CT molecular complexity index is 1070. The standard InChI is InChI=1S/C20H20BrN5O3S/c1-26-19(13-5-4-6-15(21)9-13)24-25-20(26)30-12-18(27)23-22-11-14-10-16(28-2)7-8-17(14)29-3/h4-11H,12H2,1-3H3,(H,23,27). The number of rotatable bonds is 8. The van der Waals surface area contributed by atoms with E-state index in [0.717, 1.165) is 15.9 Å². The van der Waals surface area contributed by atoms with E-state index in [1.807, 2.05) is 35.9 Å². The number of halogens is 1. The molecule has 0 aliphatic rings. The minimum Gasteiger partial charge on any atom is -0.497 e. The summed E-state index contributed by atoms with van der Waals surface area (Å²) in [4.78, 5) is 12.2. The van der Waals surface area contributed by atoms with Gasteiger partial charge in [0.1, 0.15) is 11.5 Å². The molecule has 0 radical (unpaired) electrons. The van der Waals surface area contributed by atoms with Crippen LogP contribution in [0.3, 0.4) is 0 Å². The molecule has 1 aromatic heterocycles. The predicted octanol–water partition coefficient (Wildman–Crippen LogP) is 3.50. The van der Waals surface area contributed by atoms with Crippen molar-refractivity contribution in [3.05, 3.63) is 52.5 Å². The van der Waals surface area contributed by atoms with E-state index >= 15 is 0 Å². The summed E-state index contributed by atoms with van der Waals surface area (Å²) in [6, 6.07) is 13.1. The second kappa shape index (κ2) is 10.3. The van der Waals surface area contributed by atoms with Gasteiger partial charge in [-0.25, -0.2) is 5.43 Å². The molecule has 1 N–H and O–H groups in total. The van der Waals surface area contributed by atoms with E-state index in [-0.39, 0.29) is 11.7 Å². The third-order valence-corrected chi connectivity index (χ3v) is 5.59. The van der Waals surface area contributed by atoms with E-state index < -0.39 is 0 Å². The van der Waals surface area contributed by atoms with Crippen LogP contribution in [0, 0.1) is 0 Å². The highest BCUT2D eigenvalue weighted by Gasteiger charge is 2.13. The van der Waals surface area contributed by atoms with Crippen LogP contribution in [0.5, 0.6) is 11.5 Å². The maximum Gasteiger partial charge on any atom is 0.250 e. The second-order valence-electron chi connectivity index (χ2n) is 6.07. The maximum absolute atomic E-state index is 12.2. The molecular formula is C20H20BrN5O3S. The number of carbonyl (C=O) groups excluding carboxylic acids is 1. The van der Waals surface area contributed by atoms with Crippen LogP contribution in [0.4, 0.5) is 0 Å². The van der Waals surface area contributed by atoms with E-state index in [9.17, 15) is 4.79 Å². The van der Waals surface area contributed by atoms with Gasteiger partial charge in [0.05, 0.1) is 26.2 Å². The molecule has 156 valence electrons. The van der Waals surface area contributed by atoms with Crippen molar-refractivity contribution in [2.24, 2.45) is 12.1 Å². The van der Waals surface area contributed by atoms with E-state index in [1.165, 1.54) is 18.0 Å². The first kappa shape index (κ1) is 21.8. The number of nitrogens with zero attached hydrogens (tertiary/aromatic N) is 4. The Labute approximate surface area is 186 Å². The predicted molar refractivity (Wildman–Crippen MR) is 120 cm³/mol. The summed E-state index contributed by atoms with van der Waals surface area (Å²) in [5, 5.41) is 13.0. The zero-order valence-corrected chi connectivity index (χ0v) is 19.0. The number of carbonyl (C=O) groups is 1. The molecular weight excluding hydrogens is 470 g/mol. The molecule has 10 heteroatoms. The summed E-state index contributed by atoms with van der Waals surface area (Å²) in [5.41, 5.74) is 4.13. The molecule has 3 rings (SSSR count). The van der Waals surface area contributed by atoms with Gasteiger partial charge in [-0.3, -0.25) is 4.79 Å². The third kappa shape index (κ3) is 5.39. The van der Waals surface area contributed by atoms with Gasteiger partial charge in [0.25, 0.3) is 5.91 Å². The van der Waals surface area contributed by atoms with Crippen molar-refractivity contribution in [1.29, 1.82) is 0 Å². The fourth-order valence-corrected chi connectivity index (χ4v) is 3.70. The van der Waals surface area contributed by atoms with Gasteiger partial charge in [-0.15, -0.1) is 10.2 Å². The summed E-state index contributed by atoms with van der Waals surface area (Å²) >= 11 is 4.74. The van der Waals surface area contributed by atoms with Gasteiger partial charge >= 0.3 is 0 Å². The molecule has 0 unspecified atom stereocenters. The van der Waals surface area contributed by atoms with E-state index in [4.69, 9.17) is 9.47 Å². The minimum absolute atomic E-state index is 0.150. The number of aromatic nitrogens is 3. The monoisotopic (exact) mass is 489 g/mol. The average Bonchev–Trinajstić information content (AvgIpc) is 3.12. The van der Waals surface area contributed by atoms with E-state index in [0.29, 0.717) is 22.2 Å². The van der Waals surface area contributed by atoms with Crippen LogP contribution in [0.2, 0.25) is 0 Å². The van der Waals surface area contributed by atoms with E-state index in [2.05, 4.69) is 36.7 Å². The number of thioether (sulfide) groups is 1. The average molecular weight is 490 g/mol. The van der Waals surface area contributed by atoms with Crippen molar-refractivity contribution >= 4 is 39.8 Å². The first-order valence-electron chi connectivity index (χ1n) is 8.84. The number of hydrogen-bond donors (Lipinski definition) is 1. The Kier molecular flexibility index (Phi) is 7.47. The molecule has 0 bridgehead atoms. The SMILES string of the molecule is COc1ccc(OC)c(C=NNC(=O)CSc2nnc(-c3cccc(Br)c3)n2C)c1. The van der Waals surface area contributed by atoms with Gasteiger partial charge < -0.3 is 14.0 Å². The van der Waals surface area contributed by atoms with Gasteiger partial charge in [-0.2, -0.15) is 5.10 Å². The first-order chi connectivity index (χ1) is 14.5. The van der Waals surface area contributed by atoms with Crippen molar-refractivity contribution < 1.29 is 14.3 Å². The Morgan fingerprint density at radius 1 is 1.23 bits per heavy atom. The number of amides is 1. The van der Waals surface area contributed by atoms with Crippen LogP contribution in [0.15, 0.2) is 57.2 Å². The lowest BCUT2D eigenvalue weighted by Crippen LogP contribution is -2.20. The van der Waals surface area contributed by atoms with Crippen molar-refractivity contribution in [2.45, 2.75) is 5.16 Å². The molecule has 0 aliphatic heterocycles. The smallest absolute Gasteiger partial charge is 0.250 e. The van der Waals surface area contributed by atoms with Crippen LogP contribution < -0.4 is 14.9 Å². The van der Waals surface area contributed by atoms with Crippen LogP contribution >= 0.6 is 27.7 Å². The van der Waals surface area contributed by atoms with Crippen LogP contribution in [0.25, 0.3) is 11.4 Å². The Balaban J connectivity index is 1.59. The molecule has 0 atom stereocenters. The fraction of sp³-hybridized carbons (Fsp3) is 0.200. The fourth-order valence-electron chi connectivity index (χ4n) is 2.60. The first-order valence-corrected chi connectivity index (χ1v) is 10.6. The van der Waals surface area contributed by atoms with Crippen LogP contribution in [-0.4, -0.2) is 46.9 Å². The van der Waals surface area contributed by atoms with Crippen molar-refractivity contribution in [1.82, 2.24) is 20.2 Å². The summed E-state index contributed by atoms with van der Waals surface area (Å²) < 4.78 is 13.3. The highest BCUT2D eigenvalue weighted by atomic mass is 79.9. The zero-order valence-electron chi connectivity index (χ0n) is 16.6. The molecule has 8 nitrogen and oxygen atoms in total. The highest BCUT2D eigenvalue weighted by Crippen LogP contribution is 2.25. The molecule has 2 aromatic carbocycles. The van der Waals surface area contributed by atoms with Gasteiger partial charge in [0.2, 0.25) is 0 Å². The molecule has 1 heterocycles. The lowest BCUT2D eigenvalue weighted by Gasteiger charge is -2.07. The molecule has 0 aliphatic carbocycles. The second-order valence-corrected chi connectivity index (χ2v) is 7.92. The zero-order chi connectivity index (χ0) is 21.5. The molecule has 0 spiro atoms. The summed E-state index contributed by atoms with van der Waals surface area (Å²) in [6.45, 7) is 0. The number of nitrogens with one attached hydrogen (secondary N) is 1. The maximum atomic E-state index is 12.2. The van der Waals surface area contributed by atoms with Gasteiger partial charge in [0, 0.05) is 22.6 Å². The minimum atomic E-state index is -0.259. The lowest BCUT2D eigenvalue weighted by molar-refractivity contribution is -0.118. The molecule has 0 saturated heterocycles. The molecule has 3 aromatic rings. The number of hydrogen-bond acceptors (Lipinski definition) is 7. The Morgan fingerprint density at radius 3 is 2.80 bits per heavy atom. The van der Waals surface area contributed by atoms with Crippen LogP contribution in [-0.2, 0) is 11.8 Å². The summed E-state index contributed by atoms with van der Waals surface area (Å²) in [7, 11) is 5.01. The van der Waals surface area contributed by atoms with Gasteiger partial charge in [-0.05, 0) is 30.3 Å². The molecule has 30 heavy (non-hydrogen) atoms. The largest absolute Gasteiger partial charge is 0.497 e. The molecule has 1 amide bonds. The van der Waals surface area contributed by atoms with Gasteiger partial charge in [0.15, 0.2) is 11.0 Å². The van der Waals surface area contributed by atoms with Gasteiger partial charge in [-0.1, -0.05) is 39.8 Å². The van der Waals surface area contributed by atoms with Crippen molar-refractivity contribution in [2.75, 3.05) is 20.0 Å². The third-order valence-electron chi connectivity index (χ3n) is 4.08. The van der Waals surface area contributed by atoms with Crippen molar-refractivity contribution in [3.63, 3.8) is 0 Å². The molecule has 0 fully saturated rings. The Morgan fingerprint density at radius 2 is 2.07 bits per heavy atom. The summed E-state index contributed by atoms with van der Waals surface area (Å²) in [6.07, 6.45) is 1.51. The normalized spacial score (nSPS) is 10.9. The lowest BCUT2D eigenvalue weighted by atomic mass is 10.2. The quantitative estimate of drug-likeness (QED) is 0.295. The van der Waals surface area contributed by atoms with Crippen LogP contribution in [0.1, 0.15) is 5.56 Å². The van der Waals surface area contributed by atoms with E-state index in [1.54, 1.807) is 32.4 Å². The topological polar surface area (TPSA) is 90.6 Å². The number of ether oxygens (including phenoxy) is 2. The van der Waals surface area contributed by atoms with Crippen molar-refractivity contribution in [3.8, 4) is 22.9 Å². The highest BCUT2D eigenvalue weighted by molar-refractivity contribution is 9.10. The Hall–Kier alpha value is -2.85. The summed E-state index contributed by atoms with van der Waals surface area (Å²) in [5.74, 6) is 1.91.